The van der Waals surface area contributed by atoms with Gasteiger partial charge in [-0.2, -0.15) is 0 Å². The molecule has 1 aliphatic heterocycles. The van der Waals surface area contributed by atoms with E-state index >= 15 is 0 Å². The van der Waals surface area contributed by atoms with Crippen molar-refractivity contribution in [1.29, 1.82) is 0 Å². The SMILES string of the molecule is CCCCN(C)CCC(=O)Nc1ccc(N2CCCCC2)cc1. The van der Waals surface area contributed by atoms with Gasteiger partial charge >= 0.3 is 0 Å². The van der Waals surface area contributed by atoms with Crippen LogP contribution in [-0.2, 0) is 4.79 Å². The van der Waals surface area contributed by atoms with E-state index in [1.54, 1.807) is 0 Å². The Morgan fingerprint density at radius 2 is 1.83 bits per heavy atom. The fourth-order valence-corrected chi connectivity index (χ4v) is 2.96. The normalized spacial score (nSPS) is 15.0. The van der Waals surface area contributed by atoms with Crippen molar-refractivity contribution in [2.45, 2.75) is 45.4 Å². The zero-order valence-electron chi connectivity index (χ0n) is 14.7. The van der Waals surface area contributed by atoms with Crippen molar-refractivity contribution in [3.05, 3.63) is 24.3 Å². The molecule has 4 heteroatoms. The second-order valence-corrected chi connectivity index (χ2v) is 6.55. The van der Waals surface area contributed by atoms with Gasteiger partial charge in [-0.25, -0.2) is 0 Å². The first kappa shape index (κ1) is 17.8. The number of nitrogens with one attached hydrogen (secondary N) is 1. The van der Waals surface area contributed by atoms with Crippen LogP contribution in [0.1, 0.15) is 45.4 Å². The number of hydrogen-bond donors (Lipinski definition) is 1. The Bertz CT molecular complexity index is 466. The number of rotatable bonds is 8. The van der Waals surface area contributed by atoms with E-state index in [2.05, 4.69) is 41.2 Å². The van der Waals surface area contributed by atoms with E-state index in [0.717, 1.165) is 31.9 Å². The molecule has 23 heavy (non-hydrogen) atoms. The van der Waals surface area contributed by atoms with Crippen molar-refractivity contribution in [2.75, 3.05) is 43.4 Å². The molecule has 1 amide bonds. The summed E-state index contributed by atoms with van der Waals surface area (Å²) in [6.07, 6.45) is 6.84. The Kier molecular flexibility index (Phi) is 7.40. The molecule has 0 aliphatic carbocycles. The maximum absolute atomic E-state index is 12.0. The summed E-state index contributed by atoms with van der Waals surface area (Å²) in [4.78, 5) is 16.7. The van der Waals surface area contributed by atoms with Gasteiger partial charge in [0.25, 0.3) is 0 Å². The lowest BCUT2D eigenvalue weighted by atomic mass is 10.1. The molecular weight excluding hydrogens is 286 g/mol. The molecule has 0 atom stereocenters. The third-order valence-electron chi connectivity index (χ3n) is 4.49. The van der Waals surface area contributed by atoms with Crippen LogP contribution in [0, 0.1) is 0 Å². The lowest BCUT2D eigenvalue weighted by Gasteiger charge is -2.28. The summed E-state index contributed by atoms with van der Waals surface area (Å²) in [7, 11) is 2.08. The number of carbonyl (C=O) groups excluding carboxylic acids is 1. The number of piperidine rings is 1. The van der Waals surface area contributed by atoms with Crippen LogP contribution in [0.2, 0.25) is 0 Å². The van der Waals surface area contributed by atoms with E-state index in [-0.39, 0.29) is 5.91 Å². The number of unbranched alkanes of at least 4 members (excludes halogenated alkanes) is 1. The third-order valence-corrected chi connectivity index (χ3v) is 4.49. The van der Waals surface area contributed by atoms with Crippen LogP contribution in [0.4, 0.5) is 11.4 Å². The molecule has 128 valence electrons. The van der Waals surface area contributed by atoms with Crippen LogP contribution in [0.25, 0.3) is 0 Å². The van der Waals surface area contributed by atoms with Crippen molar-refractivity contribution in [3.8, 4) is 0 Å². The molecule has 0 spiro atoms. The second kappa shape index (κ2) is 9.56. The number of amides is 1. The van der Waals surface area contributed by atoms with Crippen molar-refractivity contribution in [1.82, 2.24) is 4.90 Å². The average molecular weight is 317 g/mol. The van der Waals surface area contributed by atoms with Gasteiger partial charge in [0, 0.05) is 37.4 Å². The molecule has 0 aromatic heterocycles. The highest BCUT2D eigenvalue weighted by Crippen LogP contribution is 2.21. The minimum Gasteiger partial charge on any atom is -0.372 e. The van der Waals surface area contributed by atoms with Gasteiger partial charge in [-0.05, 0) is 63.5 Å². The fraction of sp³-hybridized carbons (Fsp3) is 0.632. The summed E-state index contributed by atoms with van der Waals surface area (Å²) in [5.41, 5.74) is 2.16. The smallest absolute Gasteiger partial charge is 0.225 e. The van der Waals surface area contributed by atoms with Gasteiger partial charge < -0.3 is 15.1 Å². The van der Waals surface area contributed by atoms with E-state index in [4.69, 9.17) is 0 Å². The summed E-state index contributed by atoms with van der Waals surface area (Å²) in [5.74, 6) is 0.0964. The van der Waals surface area contributed by atoms with Gasteiger partial charge in [-0.3, -0.25) is 4.79 Å². The highest BCUT2D eigenvalue weighted by molar-refractivity contribution is 5.91. The van der Waals surface area contributed by atoms with Crippen molar-refractivity contribution >= 4 is 17.3 Å². The lowest BCUT2D eigenvalue weighted by Crippen LogP contribution is -2.29. The molecule has 1 aliphatic rings. The largest absolute Gasteiger partial charge is 0.372 e. The predicted molar refractivity (Wildman–Crippen MR) is 98.2 cm³/mol. The molecule has 1 fully saturated rings. The van der Waals surface area contributed by atoms with E-state index < -0.39 is 0 Å². The molecule has 0 radical (unpaired) electrons. The summed E-state index contributed by atoms with van der Waals surface area (Å²) >= 11 is 0. The Morgan fingerprint density at radius 3 is 2.48 bits per heavy atom. The van der Waals surface area contributed by atoms with Crippen molar-refractivity contribution in [2.24, 2.45) is 0 Å². The average Bonchev–Trinajstić information content (AvgIpc) is 2.59. The summed E-state index contributed by atoms with van der Waals surface area (Å²) in [5, 5.41) is 3.00. The maximum atomic E-state index is 12.0. The molecule has 1 aromatic rings. The Balaban J connectivity index is 1.75. The van der Waals surface area contributed by atoms with E-state index in [1.165, 1.54) is 37.8 Å². The molecule has 1 N–H and O–H groups in total. The molecule has 1 aromatic carbocycles. The van der Waals surface area contributed by atoms with Crippen LogP contribution in [-0.4, -0.2) is 44.0 Å². The standard InChI is InChI=1S/C19H31N3O/c1-3-4-13-21(2)16-12-19(23)20-17-8-10-18(11-9-17)22-14-6-5-7-15-22/h8-11H,3-7,12-16H2,1-2H3,(H,20,23). The van der Waals surface area contributed by atoms with Crippen LogP contribution in [0.15, 0.2) is 24.3 Å². The van der Waals surface area contributed by atoms with Crippen molar-refractivity contribution in [3.63, 3.8) is 0 Å². The molecule has 0 saturated carbocycles. The number of carbonyl (C=O) groups is 1. The van der Waals surface area contributed by atoms with Crippen LogP contribution in [0.3, 0.4) is 0 Å². The van der Waals surface area contributed by atoms with Gasteiger partial charge in [-0.15, -0.1) is 0 Å². The second-order valence-electron chi connectivity index (χ2n) is 6.55. The molecule has 1 heterocycles. The first-order chi connectivity index (χ1) is 11.2. The zero-order valence-corrected chi connectivity index (χ0v) is 14.7. The van der Waals surface area contributed by atoms with Gasteiger partial charge in [0.1, 0.15) is 0 Å². The van der Waals surface area contributed by atoms with Gasteiger partial charge in [-0.1, -0.05) is 13.3 Å². The van der Waals surface area contributed by atoms with Gasteiger partial charge in [0.15, 0.2) is 0 Å². The highest BCUT2D eigenvalue weighted by Gasteiger charge is 2.11. The van der Waals surface area contributed by atoms with Gasteiger partial charge in [0.2, 0.25) is 5.91 Å². The lowest BCUT2D eigenvalue weighted by molar-refractivity contribution is -0.116. The van der Waals surface area contributed by atoms with E-state index in [9.17, 15) is 4.79 Å². The van der Waals surface area contributed by atoms with Gasteiger partial charge in [0.05, 0.1) is 0 Å². The van der Waals surface area contributed by atoms with Crippen LogP contribution >= 0.6 is 0 Å². The molecule has 1 saturated heterocycles. The monoisotopic (exact) mass is 317 g/mol. The number of anilines is 2. The van der Waals surface area contributed by atoms with E-state index in [1.807, 2.05) is 12.1 Å². The van der Waals surface area contributed by atoms with Crippen LogP contribution in [0.5, 0.6) is 0 Å². The Labute approximate surface area is 140 Å². The first-order valence-electron chi connectivity index (χ1n) is 9.02. The van der Waals surface area contributed by atoms with E-state index in [0.29, 0.717) is 6.42 Å². The Morgan fingerprint density at radius 1 is 1.13 bits per heavy atom. The molecular formula is C19H31N3O. The number of nitrogens with zero attached hydrogens (tertiary/aromatic N) is 2. The fourth-order valence-electron chi connectivity index (χ4n) is 2.96. The van der Waals surface area contributed by atoms with Crippen molar-refractivity contribution < 1.29 is 4.79 Å². The molecule has 4 nitrogen and oxygen atoms in total. The molecule has 2 rings (SSSR count). The summed E-state index contributed by atoms with van der Waals surface area (Å²) < 4.78 is 0. The highest BCUT2D eigenvalue weighted by atomic mass is 16.1. The van der Waals surface area contributed by atoms with Crippen LogP contribution < -0.4 is 10.2 Å². The predicted octanol–water partition coefficient (Wildman–Crippen LogP) is 3.74. The minimum atomic E-state index is 0.0964. The Hall–Kier alpha value is -1.55. The summed E-state index contributed by atoms with van der Waals surface area (Å²) in [6.45, 7) is 6.37. The molecule has 0 unspecified atom stereocenters. The minimum absolute atomic E-state index is 0.0964. The number of benzene rings is 1. The quantitative estimate of drug-likeness (QED) is 0.793. The topological polar surface area (TPSA) is 35.6 Å². The number of hydrogen-bond acceptors (Lipinski definition) is 3. The third kappa shape index (κ3) is 6.22. The molecule has 0 bridgehead atoms. The zero-order chi connectivity index (χ0) is 16.5. The summed E-state index contributed by atoms with van der Waals surface area (Å²) in [6, 6.07) is 8.27. The maximum Gasteiger partial charge on any atom is 0.225 e. The first-order valence-corrected chi connectivity index (χ1v) is 9.02.